The summed E-state index contributed by atoms with van der Waals surface area (Å²) in [6.45, 7) is 1.80. The van der Waals surface area contributed by atoms with E-state index in [0.29, 0.717) is 11.0 Å². The second-order valence-corrected chi connectivity index (χ2v) is 4.78. The molecule has 0 bridgehead atoms. The number of rotatable bonds is 0. The molecule has 0 N–H and O–H groups in total. The summed E-state index contributed by atoms with van der Waals surface area (Å²) < 4.78 is 45.1. The molecular formula is C15H7F3N2O2. The Morgan fingerprint density at radius 1 is 1.27 bits per heavy atom. The summed E-state index contributed by atoms with van der Waals surface area (Å²) in [6.07, 6.45) is -4.86. The van der Waals surface area contributed by atoms with Gasteiger partial charge < -0.3 is 4.42 Å². The molecule has 0 atom stereocenters. The van der Waals surface area contributed by atoms with Gasteiger partial charge in [0.25, 0.3) is 5.56 Å². The molecule has 1 aromatic carbocycles. The van der Waals surface area contributed by atoms with Crippen LogP contribution in [-0.2, 0) is 6.18 Å². The van der Waals surface area contributed by atoms with Crippen LogP contribution in [-0.4, -0.2) is 4.98 Å². The predicted molar refractivity (Wildman–Crippen MR) is 71.4 cm³/mol. The molecule has 0 radical (unpaired) electrons. The fraction of sp³-hybridized carbons (Fsp3) is 0.133. The van der Waals surface area contributed by atoms with Crippen molar-refractivity contribution in [2.75, 3.05) is 0 Å². The molecule has 4 nitrogen and oxygen atoms in total. The van der Waals surface area contributed by atoms with Gasteiger partial charge in [-0.3, -0.25) is 4.79 Å². The fourth-order valence-electron chi connectivity index (χ4n) is 2.28. The minimum Gasteiger partial charge on any atom is -0.438 e. The second-order valence-electron chi connectivity index (χ2n) is 4.78. The van der Waals surface area contributed by atoms with Crippen LogP contribution in [0, 0.1) is 18.3 Å². The van der Waals surface area contributed by atoms with Crippen LogP contribution in [0.4, 0.5) is 13.2 Å². The van der Waals surface area contributed by atoms with Crippen LogP contribution in [0.1, 0.15) is 16.7 Å². The number of hydrogen-bond acceptors (Lipinski definition) is 4. The number of aryl methyl sites for hydroxylation is 1. The first-order valence-electron chi connectivity index (χ1n) is 6.17. The topological polar surface area (TPSA) is 66.9 Å². The lowest BCUT2D eigenvalue weighted by Gasteiger charge is -2.14. The highest BCUT2D eigenvalue weighted by molar-refractivity contribution is 5.84. The van der Waals surface area contributed by atoms with Crippen LogP contribution in [0.2, 0.25) is 0 Å². The SMILES string of the molecule is Cc1ccc2cc3c(C(F)(F)F)c(C#N)c(=O)nc-3oc2c1. The van der Waals surface area contributed by atoms with Crippen molar-refractivity contribution >= 4 is 11.0 Å². The average molecular weight is 304 g/mol. The molecule has 0 unspecified atom stereocenters. The third kappa shape index (κ3) is 2.09. The van der Waals surface area contributed by atoms with E-state index in [4.69, 9.17) is 9.68 Å². The predicted octanol–water partition coefficient (Wildman–Crippen LogP) is 3.49. The fourth-order valence-corrected chi connectivity index (χ4v) is 2.28. The first kappa shape index (κ1) is 14.1. The molecule has 0 aliphatic carbocycles. The van der Waals surface area contributed by atoms with Crippen molar-refractivity contribution in [2.24, 2.45) is 0 Å². The van der Waals surface area contributed by atoms with Crippen molar-refractivity contribution in [3.63, 3.8) is 0 Å². The van der Waals surface area contributed by atoms with E-state index in [2.05, 4.69) is 4.98 Å². The Balaban J connectivity index is 2.53. The Labute approximate surface area is 121 Å². The summed E-state index contributed by atoms with van der Waals surface area (Å²) in [5.41, 5.74) is -2.82. The minimum atomic E-state index is -4.86. The lowest BCUT2D eigenvalue weighted by molar-refractivity contribution is -0.137. The van der Waals surface area contributed by atoms with E-state index in [-0.39, 0.29) is 0 Å². The Morgan fingerprint density at radius 3 is 2.64 bits per heavy atom. The maximum atomic E-state index is 13.3. The minimum absolute atomic E-state index is 0.317. The monoisotopic (exact) mass is 304 g/mol. The maximum absolute atomic E-state index is 13.3. The molecule has 7 heteroatoms. The molecule has 1 aromatic rings. The van der Waals surface area contributed by atoms with Gasteiger partial charge in [-0.1, -0.05) is 12.1 Å². The number of hydrogen-bond donors (Lipinski definition) is 0. The normalized spacial score (nSPS) is 11.8. The van der Waals surface area contributed by atoms with Crippen molar-refractivity contribution in [2.45, 2.75) is 13.1 Å². The number of nitrogens with zero attached hydrogens (tertiary/aromatic N) is 2. The Morgan fingerprint density at radius 2 is 2.00 bits per heavy atom. The standard InChI is InChI=1S/C15H7F3N2O2/c1-7-2-3-8-5-9-12(15(16,17)18)10(6-19)13(21)20-14(9)22-11(8)4-7/h2-5H,1H3. The highest BCUT2D eigenvalue weighted by Gasteiger charge is 2.40. The van der Waals surface area contributed by atoms with Crippen LogP contribution >= 0.6 is 0 Å². The molecule has 0 fully saturated rings. The van der Waals surface area contributed by atoms with Crippen LogP contribution in [0.3, 0.4) is 0 Å². The molecule has 0 saturated heterocycles. The third-order valence-corrected chi connectivity index (χ3v) is 3.24. The maximum Gasteiger partial charge on any atom is 0.418 e. The molecule has 0 aromatic heterocycles. The molecule has 2 aliphatic rings. The van der Waals surface area contributed by atoms with Crippen LogP contribution in [0.25, 0.3) is 22.4 Å². The number of benzene rings is 1. The molecule has 0 spiro atoms. The Hall–Kier alpha value is -2.88. The second kappa shape index (κ2) is 4.56. The van der Waals surface area contributed by atoms with Gasteiger partial charge in [-0.15, -0.1) is 0 Å². The smallest absolute Gasteiger partial charge is 0.418 e. The molecule has 110 valence electrons. The highest BCUT2D eigenvalue weighted by atomic mass is 19.4. The molecule has 0 saturated carbocycles. The molecule has 22 heavy (non-hydrogen) atoms. The van der Waals surface area contributed by atoms with E-state index in [1.165, 1.54) is 12.1 Å². The van der Waals surface area contributed by atoms with Gasteiger partial charge in [0.15, 0.2) is 0 Å². The van der Waals surface area contributed by atoms with Crippen molar-refractivity contribution in [1.82, 2.24) is 4.98 Å². The molecule has 2 heterocycles. The molecule has 3 rings (SSSR count). The van der Waals surface area contributed by atoms with E-state index < -0.39 is 34.3 Å². The number of alkyl halides is 3. The van der Waals surface area contributed by atoms with Crippen LogP contribution in [0.15, 0.2) is 33.5 Å². The van der Waals surface area contributed by atoms with E-state index in [1.807, 2.05) is 0 Å². The van der Waals surface area contributed by atoms with Gasteiger partial charge in [0.1, 0.15) is 17.2 Å². The summed E-state index contributed by atoms with van der Waals surface area (Å²) >= 11 is 0. The first-order valence-corrected chi connectivity index (χ1v) is 6.17. The quantitative estimate of drug-likeness (QED) is 0.596. The summed E-state index contributed by atoms with van der Waals surface area (Å²) in [5.74, 6) is -0.436. The number of fused-ring (bicyclic) bond motifs is 2. The first-order chi connectivity index (χ1) is 10.3. The van der Waals surface area contributed by atoms with E-state index in [9.17, 15) is 18.0 Å². The molecule has 2 aliphatic heterocycles. The van der Waals surface area contributed by atoms with Gasteiger partial charge in [-0.2, -0.15) is 23.4 Å². The molecular weight excluding hydrogens is 297 g/mol. The number of pyridine rings is 1. The van der Waals surface area contributed by atoms with E-state index in [0.717, 1.165) is 5.56 Å². The third-order valence-electron chi connectivity index (χ3n) is 3.24. The van der Waals surface area contributed by atoms with E-state index >= 15 is 0 Å². The highest BCUT2D eigenvalue weighted by Crippen LogP contribution is 2.39. The van der Waals surface area contributed by atoms with Gasteiger partial charge in [0.05, 0.1) is 11.1 Å². The summed E-state index contributed by atoms with van der Waals surface area (Å²) in [6, 6.07) is 7.46. The lowest BCUT2D eigenvalue weighted by atomic mass is 10.0. The zero-order chi connectivity index (χ0) is 16.1. The van der Waals surface area contributed by atoms with Crippen molar-refractivity contribution in [3.05, 3.63) is 51.3 Å². The molecule has 0 amide bonds. The van der Waals surface area contributed by atoms with Gasteiger partial charge >= 0.3 is 6.18 Å². The van der Waals surface area contributed by atoms with Crippen molar-refractivity contribution in [1.29, 1.82) is 5.26 Å². The number of aromatic nitrogens is 1. The summed E-state index contributed by atoms with van der Waals surface area (Å²) in [4.78, 5) is 15.1. The van der Waals surface area contributed by atoms with Gasteiger partial charge in [-0.25, -0.2) is 0 Å². The van der Waals surface area contributed by atoms with Crippen LogP contribution < -0.4 is 5.56 Å². The lowest BCUT2D eigenvalue weighted by Crippen LogP contribution is -2.21. The summed E-state index contributed by atoms with van der Waals surface area (Å²) in [5, 5.41) is 9.28. The Kier molecular flexibility index (Phi) is 2.92. The van der Waals surface area contributed by atoms with Gasteiger partial charge in [0, 0.05) is 5.39 Å². The zero-order valence-electron chi connectivity index (χ0n) is 11.2. The Bertz CT molecular complexity index is 967. The van der Waals surface area contributed by atoms with Crippen LogP contribution in [0.5, 0.6) is 0 Å². The van der Waals surface area contributed by atoms with Crippen molar-refractivity contribution < 1.29 is 17.6 Å². The number of halogens is 3. The summed E-state index contributed by atoms with van der Waals surface area (Å²) in [7, 11) is 0. The average Bonchev–Trinajstić information content (AvgIpc) is 2.42. The van der Waals surface area contributed by atoms with Gasteiger partial charge in [-0.05, 0) is 24.6 Å². The van der Waals surface area contributed by atoms with Crippen molar-refractivity contribution in [3.8, 4) is 17.5 Å². The zero-order valence-corrected chi connectivity index (χ0v) is 11.2. The van der Waals surface area contributed by atoms with E-state index in [1.54, 1.807) is 25.1 Å². The largest absolute Gasteiger partial charge is 0.438 e. The number of nitriles is 1. The van der Waals surface area contributed by atoms with Gasteiger partial charge in [0.2, 0.25) is 5.89 Å².